The van der Waals surface area contributed by atoms with Gasteiger partial charge < -0.3 is 15.2 Å². The second kappa shape index (κ2) is 6.92. The Hall–Kier alpha value is -2.54. The molecule has 0 saturated carbocycles. The van der Waals surface area contributed by atoms with E-state index in [-0.39, 0.29) is 22.3 Å². The third-order valence-electron chi connectivity index (χ3n) is 3.08. The van der Waals surface area contributed by atoms with Crippen molar-refractivity contribution in [1.82, 2.24) is 0 Å². The number of hydrogen-bond donors (Lipinski definition) is 1. The second-order valence-corrected chi connectivity index (χ2v) is 7.53. The topological polar surface area (TPSA) is 95.7 Å². The Balaban J connectivity index is 2.38. The highest BCUT2D eigenvalue weighted by atomic mass is 32.2. The Morgan fingerprint density at radius 3 is 2.21 bits per heavy atom. The van der Waals surface area contributed by atoms with E-state index in [0.29, 0.717) is 11.5 Å². The Morgan fingerprint density at radius 2 is 1.71 bits per heavy atom. The van der Waals surface area contributed by atoms with Gasteiger partial charge in [0, 0.05) is 6.26 Å². The first-order valence-corrected chi connectivity index (χ1v) is 9.15. The molecule has 0 atom stereocenters. The third-order valence-corrected chi connectivity index (χ3v) is 4.21. The van der Waals surface area contributed by atoms with Crippen LogP contribution in [-0.2, 0) is 9.84 Å². The summed E-state index contributed by atoms with van der Waals surface area (Å²) in [6, 6.07) is 10.8. The summed E-state index contributed by atoms with van der Waals surface area (Å²) in [5.74, 6) is 0.375. The van der Waals surface area contributed by atoms with Crippen molar-refractivity contribution in [2.75, 3.05) is 6.26 Å². The number of amides is 1. The Labute approximate surface area is 141 Å². The van der Waals surface area contributed by atoms with E-state index in [9.17, 15) is 13.2 Å². The Kier molecular flexibility index (Phi) is 5.14. The van der Waals surface area contributed by atoms with Crippen LogP contribution in [0.15, 0.2) is 47.4 Å². The molecular formula is C17H19NO5S. The standard InChI is InChI=1S/C17H19NO5S/c1-11(2)22-16-14(17(18)19)5-4-6-15(16)23-12-7-9-13(10-8-12)24(3,20)21/h4-11H,1-3H3,(H2,18,19). The van der Waals surface area contributed by atoms with Gasteiger partial charge in [-0.2, -0.15) is 0 Å². The number of carbonyl (C=O) groups is 1. The highest BCUT2D eigenvalue weighted by molar-refractivity contribution is 7.90. The number of rotatable bonds is 6. The van der Waals surface area contributed by atoms with Gasteiger partial charge in [-0.1, -0.05) is 6.07 Å². The highest BCUT2D eigenvalue weighted by Crippen LogP contribution is 2.35. The monoisotopic (exact) mass is 349 g/mol. The summed E-state index contributed by atoms with van der Waals surface area (Å²) in [6.45, 7) is 3.64. The van der Waals surface area contributed by atoms with E-state index >= 15 is 0 Å². The first kappa shape index (κ1) is 17.8. The van der Waals surface area contributed by atoms with E-state index in [4.69, 9.17) is 15.2 Å². The van der Waals surface area contributed by atoms with Gasteiger partial charge >= 0.3 is 0 Å². The van der Waals surface area contributed by atoms with Crippen LogP contribution in [0.1, 0.15) is 24.2 Å². The van der Waals surface area contributed by atoms with Crippen LogP contribution in [0.3, 0.4) is 0 Å². The summed E-state index contributed by atoms with van der Waals surface area (Å²) >= 11 is 0. The van der Waals surface area contributed by atoms with Gasteiger partial charge in [0.25, 0.3) is 5.91 Å². The molecule has 0 unspecified atom stereocenters. The molecule has 0 bridgehead atoms. The fourth-order valence-electron chi connectivity index (χ4n) is 2.03. The number of carbonyl (C=O) groups excluding carboxylic acids is 1. The van der Waals surface area contributed by atoms with Gasteiger partial charge in [0.1, 0.15) is 5.75 Å². The van der Waals surface area contributed by atoms with Crippen molar-refractivity contribution in [2.24, 2.45) is 5.73 Å². The number of ether oxygens (including phenoxy) is 2. The van der Waals surface area contributed by atoms with E-state index in [1.807, 2.05) is 13.8 Å². The maximum Gasteiger partial charge on any atom is 0.252 e. The van der Waals surface area contributed by atoms with Crippen LogP contribution in [0.25, 0.3) is 0 Å². The van der Waals surface area contributed by atoms with Crippen LogP contribution in [0.2, 0.25) is 0 Å². The molecule has 2 rings (SSSR count). The molecule has 0 aliphatic rings. The molecule has 1 amide bonds. The number of nitrogens with two attached hydrogens (primary N) is 1. The van der Waals surface area contributed by atoms with Crippen molar-refractivity contribution >= 4 is 15.7 Å². The number of primary amides is 1. The molecule has 2 aromatic rings. The predicted octanol–water partition coefficient (Wildman–Crippen LogP) is 2.77. The summed E-state index contributed by atoms with van der Waals surface area (Å²) in [7, 11) is -3.28. The first-order chi connectivity index (χ1) is 11.2. The molecule has 0 fully saturated rings. The number of hydrogen-bond acceptors (Lipinski definition) is 5. The number of sulfone groups is 1. The molecule has 24 heavy (non-hydrogen) atoms. The smallest absolute Gasteiger partial charge is 0.252 e. The van der Waals surface area contributed by atoms with Gasteiger partial charge in [-0.15, -0.1) is 0 Å². The molecule has 0 heterocycles. The lowest BCUT2D eigenvalue weighted by molar-refractivity contribution is 0.0993. The summed E-state index contributed by atoms with van der Waals surface area (Å²) in [5, 5.41) is 0. The average molecular weight is 349 g/mol. The van der Waals surface area contributed by atoms with Crippen molar-refractivity contribution in [3.63, 3.8) is 0 Å². The molecule has 0 spiro atoms. The van der Waals surface area contributed by atoms with Crippen LogP contribution in [0, 0.1) is 0 Å². The molecule has 0 saturated heterocycles. The van der Waals surface area contributed by atoms with Crippen molar-refractivity contribution in [3.05, 3.63) is 48.0 Å². The van der Waals surface area contributed by atoms with Crippen LogP contribution in [0.5, 0.6) is 17.2 Å². The van der Waals surface area contributed by atoms with Crippen LogP contribution >= 0.6 is 0 Å². The summed E-state index contributed by atoms with van der Waals surface area (Å²) in [6.07, 6.45) is 0.953. The summed E-state index contributed by atoms with van der Waals surface area (Å²) < 4.78 is 34.4. The van der Waals surface area contributed by atoms with E-state index < -0.39 is 15.7 Å². The number of benzene rings is 2. The SMILES string of the molecule is CC(C)Oc1c(Oc2ccc(S(C)(=O)=O)cc2)cccc1C(N)=O. The van der Waals surface area contributed by atoms with E-state index in [0.717, 1.165) is 6.26 Å². The molecule has 6 nitrogen and oxygen atoms in total. The van der Waals surface area contributed by atoms with Crippen molar-refractivity contribution in [3.8, 4) is 17.2 Å². The quantitative estimate of drug-likeness (QED) is 0.865. The van der Waals surface area contributed by atoms with Gasteiger partial charge in [-0.25, -0.2) is 8.42 Å². The van der Waals surface area contributed by atoms with E-state index in [2.05, 4.69) is 0 Å². The predicted molar refractivity (Wildman–Crippen MR) is 90.3 cm³/mol. The van der Waals surface area contributed by atoms with Crippen molar-refractivity contribution in [1.29, 1.82) is 0 Å². The fraction of sp³-hybridized carbons (Fsp3) is 0.235. The van der Waals surface area contributed by atoms with Gasteiger partial charge in [0.2, 0.25) is 0 Å². The third kappa shape index (κ3) is 4.26. The zero-order valence-corrected chi connectivity index (χ0v) is 14.5. The van der Waals surface area contributed by atoms with E-state index in [1.165, 1.54) is 24.3 Å². The maximum absolute atomic E-state index is 11.6. The molecule has 0 aliphatic heterocycles. The highest BCUT2D eigenvalue weighted by Gasteiger charge is 2.17. The largest absolute Gasteiger partial charge is 0.486 e. The molecule has 0 aromatic heterocycles. The summed E-state index contributed by atoms with van der Waals surface area (Å²) in [5.41, 5.74) is 5.60. The lowest BCUT2D eigenvalue weighted by Gasteiger charge is -2.17. The molecule has 0 radical (unpaired) electrons. The van der Waals surface area contributed by atoms with Crippen LogP contribution < -0.4 is 15.2 Å². The van der Waals surface area contributed by atoms with Gasteiger partial charge in [0.15, 0.2) is 21.3 Å². The van der Waals surface area contributed by atoms with Crippen molar-refractivity contribution in [2.45, 2.75) is 24.8 Å². The van der Waals surface area contributed by atoms with Gasteiger partial charge in [-0.05, 0) is 50.2 Å². The zero-order chi connectivity index (χ0) is 17.9. The molecular weight excluding hydrogens is 330 g/mol. The minimum Gasteiger partial charge on any atom is -0.486 e. The Morgan fingerprint density at radius 1 is 1.08 bits per heavy atom. The molecule has 7 heteroatoms. The van der Waals surface area contributed by atoms with E-state index in [1.54, 1.807) is 18.2 Å². The molecule has 2 aromatic carbocycles. The van der Waals surface area contributed by atoms with Crippen LogP contribution in [-0.4, -0.2) is 26.7 Å². The van der Waals surface area contributed by atoms with Gasteiger partial charge in [0.05, 0.1) is 16.6 Å². The zero-order valence-electron chi connectivity index (χ0n) is 13.6. The lowest BCUT2D eigenvalue weighted by Crippen LogP contribution is -2.16. The molecule has 0 aliphatic carbocycles. The Bertz CT molecular complexity index is 842. The van der Waals surface area contributed by atoms with Crippen molar-refractivity contribution < 1.29 is 22.7 Å². The minimum atomic E-state index is -3.28. The minimum absolute atomic E-state index is 0.180. The average Bonchev–Trinajstić information content (AvgIpc) is 2.48. The summed E-state index contributed by atoms with van der Waals surface area (Å²) in [4.78, 5) is 11.8. The molecule has 2 N–H and O–H groups in total. The second-order valence-electron chi connectivity index (χ2n) is 5.51. The normalized spacial score (nSPS) is 11.3. The fourth-order valence-corrected chi connectivity index (χ4v) is 2.66. The lowest BCUT2D eigenvalue weighted by atomic mass is 10.1. The number of para-hydroxylation sites is 1. The molecule has 128 valence electrons. The maximum atomic E-state index is 11.6. The first-order valence-electron chi connectivity index (χ1n) is 7.26. The van der Waals surface area contributed by atoms with Crippen LogP contribution in [0.4, 0.5) is 0 Å². The van der Waals surface area contributed by atoms with Gasteiger partial charge in [-0.3, -0.25) is 4.79 Å².